The molecule has 0 unspecified atom stereocenters. The quantitative estimate of drug-likeness (QED) is 0.0513. The minimum absolute atomic E-state index is 0.0677. The molecule has 3 saturated carbocycles. The van der Waals surface area contributed by atoms with Crippen LogP contribution in [0.3, 0.4) is 0 Å². The molecule has 0 radical (unpaired) electrons. The third-order valence-corrected chi connectivity index (χ3v) is 15.5. The van der Waals surface area contributed by atoms with Crippen LogP contribution in [0.5, 0.6) is 11.5 Å². The molecule has 0 bridgehead atoms. The first-order valence-electron chi connectivity index (χ1n) is 24.1. The second-order valence-electron chi connectivity index (χ2n) is 20.0. The molecule has 4 aliphatic rings. The standard InChI is InChI=1S/C52H76F2N2O4/c1-7-8-9-10-11-13-33-58-40-22-20-39(21-23-40)55-56-46-27-28-47(50(54)49(46)53)59-34-14-12-18-48(57)60-41-29-31-51(5)38(35-41)19-24-42-44-26-25-43(37(4)17-15-16-36(2)3)52(44,6)32-30-45(42)51/h19-23,27-28,36-37,41-45H,7-18,24-26,29-35H2,1-6H3/t37-,41+,42+,43-,44+,45+,51+,52-/m1/s1. The summed E-state index contributed by atoms with van der Waals surface area (Å²) < 4.78 is 47.2. The van der Waals surface area contributed by atoms with Gasteiger partial charge in [0.15, 0.2) is 11.6 Å². The number of carbonyl (C=O) groups excluding carboxylic acids is 1. The summed E-state index contributed by atoms with van der Waals surface area (Å²) in [7, 11) is 0. The Morgan fingerprint density at radius 3 is 2.32 bits per heavy atom. The molecule has 332 valence electrons. The SMILES string of the molecule is CCCCCCCCOc1ccc(N=Nc2ccc(OCCCCC(=O)O[C@H]3CC[C@@]4(C)C(=CC[C@H]5[C@@H]6CC[C@H]([C@H](C)CCCC(C)C)[C@@]6(C)CC[C@@H]54)C3)c(F)c2F)cc1. The van der Waals surface area contributed by atoms with Crippen molar-refractivity contribution < 1.29 is 27.8 Å². The molecule has 8 heteroatoms. The Morgan fingerprint density at radius 1 is 0.783 bits per heavy atom. The van der Waals surface area contributed by atoms with E-state index in [1.165, 1.54) is 94.8 Å². The van der Waals surface area contributed by atoms with Crippen molar-refractivity contribution in [2.24, 2.45) is 56.6 Å². The number of hydrogen-bond donors (Lipinski definition) is 0. The van der Waals surface area contributed by atoms with Crippen molar-refractivity contribution >= 4 is 17.3 Å². The minimum atomic E-state index is -1.11. The van der Waals surface area contributed by atoms with E-state index < -0.39 is 11.6 Å². The fourth-order valence-corrected chi connectivity index (χ4v) is 12.1. The largest absolute Gasteiger partial charge is 0.494 e. The number of halogens is 2. The summed E-state index contributed by atoms with van der Waals surface area (Å²) in [5.74, 6) is 3.00. The molecule has 8 atom stereocenters. The van der Waals surface area contributed by atoms with Crippen molar-refractivity contribution in [1.82, 2.24) is 0 Å². The van der Waals surface area contributed by atoms with Gasteiger partial charge in [0.25, 0.3) is 0 Å². The Hall–Kier alpha value is -3.29. The van der Waals surface area contributed by atoms with Gasteiger partial charge in [-0.15, -0.1) is 5.11 Å². The van der Waals surface area contributed by atoms with Gasteiger partial charge in [0.05, 0.1) is 18.9 Å². The van der Waals surface area contributed by atoms with Gasteiger partial charge in [-0.25, -0.2) is 4.39 Å². The van der Waals surface area contributed by atoms with Gasteiger partial charge >= 0.3 is 5.97 Å². The van der Waals surface area contributed by atoms with Gasteiger partial charge < -0.3 is 14.2 Å². The minimum Gasteiger partial charge on any atom is -0.494 e. The molecule has 0 amide bonds. The van der Waals surface area contributed by atoms with E-state index in [0.717, 1.165) is 73.4 Å². The molecule has 60 heavy (non-hydrogen) atoms. The smallest absolute Gasteiger partial charge is 0.306 e. The first kappa shape index (κ1) is 46.2. The van der Waals surface area contributed by atoms with Crippen molar-refractivity contribution in [1.29, 1.82) is 0 Å². The van der Waals surface area contributed by atoms with Crippen molar-refractivity contribution in [3.8, 4) is 11.5 Å². The van der Waals surface area contributed by atoms with Crippen LogP contribution in [0.4, 0.5) is 20.2 Å². The fraction of sp³-hybridized carbons (Fsp3) is 0.712. The maximum absolute atomic E-state index is 14.9. The van der Waals surface area contributed by atoms with E-state index in [-0.39, 0.29) is 42.0 Å². The Balaban J connectivity index is 0.894. The Kier molecular flexibility index (Phi) is 16.7. The molecule has 6 rings (SSSR count). The van der Waals surface area contributed by atoms with Crippen LogP contribution in [0.2, 0.25) is 0 Å². The summed E-state index contributed by atoms with van der Waals surface area (Å²) in [4.78, 5) is 12.9. The normalized spacial score (nSPS) is 27.9. The molecular formula is C52H76F2N2O4. The monoisotopic (exact) mass is 831 g/mol. The highest BCUT2D eigenvalue weighted by Gasteiger charge is 2.59. The lowest BCUT2D eigenvalue weighted by molar-refractivity contribution is -0.151. The molecule has 0 spiro atoms. The van der Waals surface area contributed by atoms with Gasteiger partial charge in [-0.1, -0.05) is 105 Å². The van der Waals surface area contributed by atoms with Crippen molar-refractivity contribution in [2.75, 3.05) is 13.2 Å². The van der Waals surface area contributed by atoms with E-state index in [1.54, 1.807) is 24.3 Å². The summed E-state index contributed by atoms with van der Waals surface area (Å²) in [6, 6.07) is 9.80. The third kappa shape index (κ3) is 11.4. The number of unbranched alkanes of at least 4 members (excludes halogenated alkanes) is 6. The highest BCUT2D eigenvalue weighted by molar-refractivity contribution is 5.69. The number of ether oxygens (including phenoxy) is 3. The lowest BCUT2D eigenvalue weighted by atomic mass is 9.47. The van der Waals surface area contributed by atoms with Gasteiger partial charge in [0.2, 0.25) is 5.82 Å². The van der Waals surface area contributed by atoms with Gasteiger partial charge in [-0.3, -0.25) is 4.79 Å². The predicted molar refractivity (Wildman–Crippen MR) is 238 cm³/mol. The first-order chi connectivity index (χ1) is 28.9. The number of allylic oxidation sites excluding steroid dienone is 1. The predicted octanol–water partition coefficient (Wildman–Crippen LogP) is 15.6. The fourth-order valence-electron chi connectivity index (χ4n) is 12.1. The lowest BCUT2D eigenvalue weighted by Gasteiger charge is -2.58. The van der Waals surface area contributed by atoms with E-state index in [2.05, 4.69) is 57.8 Å². The van der Waals surface area contributed by atoms with Crippen molar-refractivity contribution in [3.63, 3.8) is 0 Å². The number of benzene rings is 2. The van der Waals surface area contributed by atoms with Crippen molar-refractivity contribution in [3.05, 3.63) is 59.7 Å². The molecule has 2 aromatic rings. The average molecular weight is 831 g/mol. The van der Waals surface area contributed by atoms with Gasteiger partial charge in [0, 0.05) is 12.8 Å². The summed E-state index contributed by atoms with van der Waals surface area (Å²) in [6.07, 6.45) is 24.7. The zero-order chi connectivity index (χ0) is 42.7. The zero-order valence-corrected chi connectivity index (χ0v) is 37.9. The van der Waals surface area contributed by atoms with E-state index >= 15 is 0 Å². The summed E-state index contributed by atoms with van der Waals surface area (Å²) >= 11 is 0. The molecular weight excluding hydrogens is 755 g/mol. The van der Waals surface area contributed by atoms with Crippen LogP contribution in [0.1, 0.15) is 170 Å². The number of nitrogens with zero attached hydrogens (tertiary/aromatic N) is 2. The van der Waals surface area contributed by atoms with Crippen molar-refractivity contribution in [2.45, 2.75) is 176 Å². The highest BCUT2D eigenvalue weighted by atomic mass is 19.2. The summed E-state index contributed by atoms with van der Waals surface area (Å²) in [5.41, 5.74) is 2.53. The molecule has 4 aliphatic carbocycles. The van der Waals surface area contributed by atoms with Crippen LogP contribution in [0, 0.1) is 58.0 Å². The van der Waals surface area contributed by atoms with Crippen LogP contribution in [0.25, 0.3) is 0 Å². The van der Waals surface area contributed by atoms with Crippen LogP contribution in [-0.4, -0.2) is 25.3 Å². The zero-order valence-electron chi connectivity index (χ0n) is 37.9. The van der Waals surface area contributed by atoms with E-state index in [4.69, 9.17) is 14.2 Å². The van der Waals surface area contributed by atoms with Gasteiger partial charge in [-0.05, 0) is 147 Å². The third-order valence-electron chi connectivity index (χ3n) is 15.5. The molecule has 0 saturated heterocycles. The Morgan fingerprint density at radius 2 is 1.53 bits per heavy atom. The molecule has 0 aliphatic heterocycles. The maximum atomic E-state index is 14.9. The Labute approximate surface area is 361 Å². The Bertz CT molecular complexity index is 1740. The van der Waals surface area contributed by atoms with Crippen LogP contribution in [-0.2, 0) is 9.53 Å². The van der Waals surface area contributed by atoms with Gasteiger partial charge in [0.1, 0.15) is 17.5 Å². The topological polar surface area (TPSA) is 69.5 Å². The molecule has 6 nitrogen and oxygen atoms in total. The number of fused-ring (bicyclic) bond motifs is 5. The molecule has 0 heterocycles. The number of carbonyl (C=O) groups is 1. The van der Waals surface area contributed by atoms with E-state index in [0.29, 0.717) is 30.6 Å². The molecule has 0 N–H and O–H groups in total. The molecule has 0 aromatic heterocycles. The number of esters is 1. The second kappa shape index (κ2) is 21.7. The van der Waals surface area contributed by atoms with E-state index in [9.17, 15) is 13.6 Å². The summed E-state index contributed by atoms with van der Waals surface area (Å²) in [6.45, 7) is 15.5. The second-order valence-corrected chi connectivity index (χ2v) is 20.0. The van der Waals surface area contributed by atoms with Crippen LogP contribution < -0.4 is 9.47 Å². The summed E-state index contributed by atoms with van der Waals surface area (Å²) in [5, 5.41) is 8.01. The van der Waals surface area contributed by atoms with Crippen LogP contribution >= 0.6 is 0 Å². The van der Waals surface area contributed by atoms with Crippen LogP contribution in [0.15, 0.2) is 58.3 Å². The molecule has 3 fully saturated rings. The van der Waals surface area contributed by atoms with Gasteiger partial charge in [-0.2, -0.15) is 9.50 Å². The molecule has 2 aromatic carbocycles. The first-order valence-corrected chi connectivity index (χ1v) is 24.1. The van der Waals surface area contributed by atoms with E-state index in [1.807, 2.05) is 0 Å². The lowest BCUT2D eigenvalue weighted by Crippen LogP contribution is -2.51. The average Bonchev–Trinajstić information content (AvgIpc) is 3.59. The highest BCUT2D eigenvalue weighted by Crippen LogP contribution is 2.67. The number of azo groups is 1. The number of rotatable bonds is 22. The maximum Gasteiger partial charge on any atom is 0.306 e. The number of hydrogen-bond acceptors (Lipinski definition) is 6.